The predicted molar refractivity (Wildman–Crippen MR) is 106 cm³/mol. The Morgan fingerprint density at radius 1 is 1.25 bits per heavy atom. The molecule has 0 aliphatic carbocycles. The highest BCUT2D eigenvalue weighted by atomic mass is 16.5. The number of nitrogens with one attached hydrogen (secondary N) is 1. The van der Waals surface area contributed by atoms with Crippen molar-refractivity contribution >= 4 is 17.6 Å². The topological polar surface area (TPSA) is 87.9 Å². The van der Waals surface area contributed by atoms with Gasteiger partial charge in [-0.1, -0.05) is 5.16 Å². The van der Waals surface area contributed by atoms with Crippen molar-refractivity contribution in [2.45, 2.75) is 19.3 Å². The van der Waals surface area contributed by atoms with E-state index in [0.717, 1.165) is 37.2 Å². The van der Waals surface area contributed by atoms with Crippen molar-refractivity contribution in [3.8, 4) is 17.1 Å². The number of anilines is 1. The number of aromatic nitrogens is 1. The maximum absolute atomic E-state index is 13.2. The van der Waals surface area contributed by atoms with Gasteiger partial charge in [0.05, 0.1) is 7.11 Å². The fraction of sp³-hybridized carbons (Fsp3) is 0.450. The summed E-state index contributed by atoms with van der Waals surface area (Å²) in [4.78, 5) is 28.4. The summed E-state index contributed by atoms with van der Waals surface area (Å²) < 4.78 is 10.8. The number of hydrogen-bond acceptors (Lipinski definition) is 6. The largest absolute Gasteiger partial charge is 0.497 e. The van der Waals surface area contributed by atoms with Gasteiger partial charge in [-0.2, -0.15) is 0 Å². The molecular formula is C20H26N4O4. The number of ether oxygens (including phenoxy) is 1. The van der Waals surface area contributed by atoms with Gasteiger partial charge in [0.25, 0.3) is 5.91 Å². The standard InChI is InChI=1S/C20H26N4O4/c1-21-16(25)10-13-23(2)20(26)17-18(14-6-8-15(27-3)9-7-14)28-22-19(17)24-11-4-5-12-24/h6-9H,4-5,10-13H2,1-3H3,(H,21,25). The smallest absolute Gasteiger partial charge is 0.261 e. The molecule has 2 amide bonds. The number of hydrogen-bond donors (Lipinski definition) is 1. The Bertz CT molecular complexity index is 825. The van der Waals surface area contributed by atoms with E-state index in [2.05, 4.69) is 15.4 Å². The van der Waals surface area contributed by atoms with Gasteiger partial charge >= 0.3 is 0 Å². The Morgan fingerprint density at radius 2 is 1.93 bits per heavy atom. The summed E-state index contributed by atoms with van der Waals surface area (Å²) in [6.07, 6.45) is 2.36. The van der Waals surface area contributed by atoms with Crippen molar-refractivity contribution in [1.82, 2.24) is 15.4 Å². The molecule has 0 saturated carbocycles. The molecule has 2 aromatic rings. The number of carbonyl (C=O) groups is 2. The second-order valence-corrected chi connectivity index (χ2v) is 6.78. The van der Waals surface area contributed by atoms with Crippen molar-refractivity contribution in [3.63, 3.8) is 0 Å². The molecule has 1 fully saturated rings. The molecule has 1 N–H and O–H groups in total. The van der Waals surface area contributed by atoms with Crippen LogP contribution in [-0.2, 0) is 4.79 Å². The van der Waals surface area contributed by atoms with Gasteiger partial charge in [-0.15, -0.1) is 0 Å². The van der Waals surface area contributed by atoms with E-state index in [9.17, 15) is 9.59 Å². The summed E-state index contributed by atoms with van der Waals surface area (Å²) >= 11 is 0. The van der Waals surface area contributed by atoms with Crippen molar-refractivity contribution in [1.29, 1.82) is 0 Å². The molecule has 8 heteroatoms. The van der Waals surface area contributed by atoms with Crippen LogP contribution in [-0.4, -0.2) is 62.7 Å². The summed E-state index contributed by atoms with van der Waals surface area (Å²) in [5.41, 5.74) is 1.19. The summed E-state index contributed by atoms with van der Waals surface area (Å²) in [7, 11) is 4.87. The molecule has 0 unspecified atom stereocenters. The van der Waals surface area contributed by atoms with Crippen LogP contribution in [0, 0.1) is 0 Å². The highest BCUT2D eigenvalue weighted by Gasteiger charge is 2.30. The lowest BCUT2D eigenvalue weighted by molar-refractivity contribution is -0.120. The number of nitrogens with zero attached hydrogens (tertiary/aromatic N) is 3. The Hall–Kier alpha value is -3.03. The molecule has 1 saturated heterocycles. The molecule has 28 heavy (non-hydrogen) atoms. The first-order valence-corrected chi connectivity index (χ1v) is 9.40. The van der Waals surface area contributed by atoms with E-state index in [-0.39, 0.29) is 18.2 Å². The van der Waals surface area contributed by atoms with Crippen LogP contribution in [0.2, 0.25) is 0 Å². The van der Waals surface area contributed by atoms with Crippen LogP contribution in [0.4, 0.5) is 5.82 Å². The molecule has 2 heterocycles. The highest BCUT2D eigenvalue weighted by Crippen LogP contribution is 2.34. The number of methoxy groups -OCH3 is 1. The average molecular weight is 386 g/mol. The number of rotatable bonds is 7. The zero-order valence-electron chi connectivity index (χ0n) is 16.5. The van der Waals surface area contributed by atoms with E-state index in [1.807, 2.05) is 24.3 Å². The molecule has 1 aromatic carbocycles. The summed E-state index contributed by atoms with van der Waals surface area (Å²) in [5, 5.41) is 6.80. The van der Waals surface area contributed by atoms with Gasteiger partial charge in [0.1, 0.15) is 11.3 Å². The zero-order valence-corrected chi connectivity index (χ0v) is 16.5. The maximum Gasteiger partial charge on any atom is 0.261 e. The second kappa shape index (κ2) is 8.77. The molecule has 150 valence electrons. The van der Waals surface area contributed by atoms with Gasteiger partial charge in [0.15, 0.2) is 11.6 Å². The van der Waals surface area contributed by atoms with Gasteiger partial charge in [-0.05, 0) is 37.1 Å². The van der Waals surface area contributed by atoms with Crippen molar-refractivity contribution in [3.05, 3.63) is 29.8 Å². The third-order valence-corrected chi connectivity index (χ3v) is 4.95. The number of amides is 2. The van der Waals surface area contributed by atoms with E-state index in [1.54, 1.807) is 21.2 Å². The molecular weight excluding hydrogens is 360 g/mol. The van der Waals surface area contributed by atoms with Crippen molar-refractivity contribution in [2.75, 3.05) is 45.7 Å². The van der Waals surface area contributed by atoms with Crippen molar-refractivity contribution < 1.29 is 18.8 Å². The normalized spacial score (nSPS) is 13.5. The fourth-order valence-electron chi connectivity index (χ4n) is 3.25. The Labute approximate surface area is 164 Å². The van der Waals surface area contributed by atoms with E-state index in [1.165, 1.54) is 4.90 Å². The van der Waals surface area contributed by atoms with Crippen molar-refractivity contribution in [2.24, 2.45) is 0 Å². The molecule has 1 aliphatic heterocycles. The minimum Gasteiger partial charge on any atom is -0.497 e. The third-order valence-electron chi connectivity index (χ3n) is 4.95. The quantitative estimate of drug-likeness (QED) is 0.785. The highest BCUT2D eigenvalue weighted by molar-refractivity contribution is 6.04. The van der Waals surface area contributed by atoms with Gasteiger partial charge in [-0.3, -0.25) is 9.59 Å². The van der Waals surface area contributed by atoms with Crippen LogP contribution in [0.5, 0.6) is 5.75 Å². The third kappa shape index (κ3) is 4.11. The van der Waals surface area contributed by atoms with Gasteiger partial charge in [-0.25, -0.2) is 0 Å². The number of carbonyl (C=O) groups excluding carboxylic acids is 2. The Morgan fingerprint density at radius 3 is 2.54 bits per heavy atom. The first kappa shape index (κ1) is 19.7. The molecule has 0 spiro atoms. The van der Waals surface area contributed by atoms with Crippen LogP contribution in [0.1, 0.15) is 29.6 Å². The van der Waals surface area contributed by atoms with E-state index >= 15 is 0 Å². The van der Waals surface area contributed by atoms with Gasteiger partial charge in [0.2, 0.25) is 5.91 Å². The SMILES string of the molecule is CNC(=O)CCN(C)C(=O)c1c(N2CCCC2)noc1-c1ccc(OC)cc1. The Balaban J connectivity index is 1.94. The molecule has 8 nitrogen and oxygen atoms in total. The first-order chi connectivity index (χ1) is 13.5. The molecule has 1 aliphatic rings. The molecule has 0 atom stereocenters. The lowest BCUT2D eigenvalue weighted by Crippen LogP contribution is -2.32. The average Bonchev–Trinajstić information content (AvgIpc) is 3.40. The van der Waals surface area contributed by atoms with E-state index < -0.39 is 0 Å². The van der Waals surface area contributed by atoms with E-state index in [0.29, 0.717) is 23.7 Å². The van der Waals surface area contributed by atoms with Gasteiger partial charge in [0, 0.05) is 45.7 Å². The number of benzene rings is 1. The van der Waals surface area contributed by atoms with Gasteiger partial charge < -0.3 is 24.4 Å². The maximum atomic E-state index is 13.2. The molecule has 3 rings (SSSR count). The van der Waals surface area contributed by atoms with E-state index in [4.69, 9.17) is 9.26 Å². The van der Waals surface area contributed by atoms with Crippen LogP contribution >= 0.6 is 0 Å². The van der Waals surface area contributed by atoms with Crippen LogP contribution in [0.3, 0.4) is 0 Å². The molecule has 1 aromatic heterocycles. The first-order valence-electron chi connectivity index (χ1n) is 9.40. The lowest BCUT2D eigenvalue weighted by Gasteiger charge is -2.20. The fourth-order valence-corrected chi connectivity index (χ4v) is 3.25. The van der Waals surface area contributed by atoms with Crippen LogP contribution in [0.15, 0.2) is 28.8 Å². The van der Waals surface area contributed by atoms with Crippen LogP contribution in [0.25, 0.3) is 11.3 Å². The molecule has 0 bridgehead atoms. The van der Waals surface area contributed by atoms with Crippen LogP contribution < -0.4 is 15.0 Å². The minimum absolute atomic E-state index is 0.111. The monoisotopic (exact) mass is 386 g/mol. The minimum atomic E-state index is -0.210. The summed E-state index contributed by atoms with van der Waals surface area (Å²) in [6.45, 7) is 2.00. The lowest BCUT2D eigenvalue weighted by atomic mass is 10.1. The second-order valence-electron chi connectivity index (χ2n) is 6.78. The predicted octanol–water partition coefficient (Wildman–Crippen LogP) is 2.16. The molecule has 0 radical (unpaired) electrons. The summed E-state index contributed by atoms with van der Waals surface area (Å²) in [5.74, 6) is 1.40. The Kier molecular flexibility index (Phi) is 6.18. The summed E-state index contributed by atoms with van der Waals surface area (Å²) in [6, 6.07) is 7.32. The zero-order chi connectivity index (χ0) is 20.1.